The van der Waals surface area contributed by atoms with E-state index in [9.17, 15) is 9.18 Å². The first-order chi connectivity index (χ1) is 10.0. The number of anilines is 2. The molecule has 0 aromatic heterocycles. The van der Waals surface area contributed by atoms with Crippen LogP contribution in [0.2, 0.25) is 0 Å². The van der Waals surface area contributed by atoms with E-state index in [1.807, 2.05) is 31.2 Å². The van der Waals surface area contributed by atoms with Gasteiger partial charge in [-0.1, -0.05) is 17.7 Å². The van der Waals surface area contributed by atoms with Crippen LogP contribution in [-0.4, -0.2) is 11.7 Å². The van der Waals surface area contributed by atoms with Crippen molar-refractivity contribution in [2.24, 2.45) is 0 Å². The Bertz CT molecular complexity index is 629. The lowest BCUT2D eigenvalue weighted by Crippen LogP contribution is -2.13. The summed E-state index contributed by atoms with van der Waals surface area (Å²) < 4.78 is 12.9. The SMILES string of the molecule is Cc1ccc(SCCC(=O)Nc2ccc(F)cc2N)cc1. The van der Waals surface area contributed by atoms with Crippen molar-refractivity contribution in [3.05, 3.63) is 53.8 Å². The number of nitrogens with one attached hydrogen (secondary N) is 1. The molecule has 0 bridgehead atoms. The largest absolute Gasteiger partial charge is 0.397 e. The molecular formula is C16H17FN2OS. The lowest BCUT2D eigenvalue weighted by Gasteiger charge is -2.08. The molecule has 0 saturated carbocycles. The molecule has 0 unspecified atom stereocenters. The van der Waals surface area contributed by atoms with Gasteiger partial charge in [-0.2, -0.15) is 0 Å². The predicted octanol–water partition coefficient (Wildman–Crippen LogP) is 3.84. The fraction of sp³-hybridized carbons (Fsp3) is 0.188. The number of carbonyl (C=O) groups excluding carboxylic acids is 1. The summed E-state index contributed by atoms with van der Waals surface area (Å²) in [6.07, 6.45) is 0.370. The number of thioether (sulfide) groups is 1. The third kappa shape index (κ3) is 4.79. The second kappa shape index (κ2) is 7.13. The summed E-state index contributed by atoms with van der Waals surface area (Å²) in [6, 6.07) is 12.1. The average molecular weight is 304 g/mol. The molecule has 2 aromatic carbocycles. The van der Waals surface area contributed by atoms with Gasteiger partial charge in [-0.3, -0.25) is 4.79 Å². The van der Waals surface area contributed by atoms with Crippen molar-refractivity contribution in [3.63, 3.8) is 0 Å². The molecule has 5 heteroatoms. The summed E-state index contributed by atoms with van der Waals surface area (Å²) in [4.78, 5) is 13.0. The third-order valence-electron chi connectivity index (χ3n) is 2.91. The van der Waals surface area contributed by atoms with Crippen LogP contribution in [0, 0.1) is 12.7 Å². The Balaban J connectivity index is 1.81. The number of rotatable bonds is 5. The lowest BCUT2D eigenvalue weighted by atomic mass is 10.2. The summed E-state index contributed by atoms with van der Waals surface area (Å²) in [5, 5.41) is 2.69. The van der Waals surface area contributed by atoms with E-state index in [4.69, 9.17) is 5.73 Å². The molecule has 3 nitrogen and oxygen atoms in total. The van der Waals surface area contributed by atoms with E-state index >= 15 is 0 Å². The van der Waals surface area contributed by atoms with E-state index in [0.29, 0.717) is 17.9 Å². The van der Waals surface area contributed by atoms with Crippen molar-refractivity contribution in [1.82, 2.24) is 0 Å². The number of benzene rings is 2. The maximum atomic E-state index is 12.9. The Labute approximate surface area is 127 Å². The van der Waals surface area contributed by atoms with Crippen LogP contribution in [0.25, 0.3) is 0 Å². The van der Waals surface area contributed by atoms with Gasteiger partial charge in [0.1, 0.15) is 5.82 Å². The fourth-order valence-electron chi connectivity index (χ4n) is 1.76. The first-order valence-corrected chi connectivity index (χ1v) is 7.57. The van der Waals surface area contributed by atoms with Crippen LogP contribution >= 0.6 is 11.8 Å². The van der Waals surface area contributed by atoms with Gasteiger partial charge in [-0.05, 0) is 37.3 Å². The van der Waals surface area contributed by atoms with Crippen molar-refractivity contribution in [2.75, 3.05) is 16.8 Å². The Morgan fingerprint density at radius 2 is 1.95 bits per heavy atom. The topological polar surface area (TPSA) is 55.1 Å². The molecule has 0 atom stereocenters. The molecule has 2 rings (SSSR count). The number of aryl methyl sites for hydroxylation is 1. The fourth-order valence-corrected chi connectivity index (χ4v) is 2.61. The molecule has 1 amide bonds. The van der Waals surface area contributed by atoms with E-state index in [-0.39, 0.29) is 11.6 Å². The minimum atomic E-state index is -0.416. The Morgan fingerprint density at radius 3 is 2.62 bits per heavy atom. The highest BCUT2D eigenvalue weighted by Gasteiger charge is 2.06. The van der Waals surface area contributed by atoms with Crippen LogP contribution < -0.4 is 11.1 Å². The Kier molecular flexibility index (Phi) is 5.22. The number of hydrogen-bond acceptors (Lipinski definition) is 3. The number of nitrogen functional groups attached to an aromatic ring is 1. The molecular weight excluding hydrogens is 287 g/mol. The standard InChI is InChI=1S/C16H17FN2OS/c1-11-2-5-13(6-3-11)21-9-8-16(20)19-15-7-4-12(17)10-14(15)18/h2-7,10H,8-9,18H2,1H3,(H,19,20). The van der Waals surface area contributed by atoms with E-state index in [0.717, 1.165) is 4.90 Å². The van der Waals surface area contributed by atoms with Crippen LogP contribution in [0.4, 0.5) is 15.8 Å². The highest BCUT2D eigenvalue weighted by atomic mass is 32.2. The minimum absolute atomic E-state index is 0.132. The predicted molar refractivity (Wildman–Crippen MR) is 86.0 cm³/mol. The summed E-state index contributed by atoms with van der Waals surface area (Å²) in [6.45, 7) is 2.04. The van der Waals surface area contributed by atoms with Crippen molar-refractivity contribution in [2.45, 2.75) is 18.2 Å². The van der Waals surface area contributed by atoms with Crippen LogP contribution in [0.5, 0.6) is 0 Å². The maximum absolute atomic E-state index is 12.9. The van der Waals surface area contributed by atoms with E-state index in [1.54, 1.807) is 11.8 Å². The quantitative estimate of drug-likeness (QED) is 0.652. The van der Waals surface area contributed by atoms with Gasteiger partial charge in [0.2, 0.25) is 5.91 Å². The molecule has 0 fully saturated rings. The normalized spacial score (nSPS) is 10.4. The summed E-state index contributed by atoms with van der Waals surface area (Å²) in [5.41, 5.74) is 7.53. The highest BCUT2D eigenvalue weighted by Crippen LogP contribution is 2.21. The molecule has 2 aromatic rings. The van der Waals surface area contributed by atoms with E-state index < -0.39 is 5.82 Å². The number of nitrogens with two attached hydrogens (primary N) is 1. The zero-order valence-electron chi connectivity index (χ0n) is 11.7. The van der Waals surface area contributed by atoms with Gasteiger partial charge in [-0.25, -0.2) is 4.39 Å². The third-order valence-corrected chi connectivity index (χ3v) is 3.92. The molecule has 0 heterocycles. The molecule has 0 aliphatic heterocycles. The summed E-state index contributed by atoms with van der Waals surface area (Å²) in [5.74, 6) is 0.129. The summed E-state index contributed by atoms with van der Waals surface area (Å²) >= 11 is 1.62. The first kappa shape index (κ1) is 15.4. The summed E-state index contributed by atoms with van der Waals surface area (Å²) in [7, 11) is 0. The van der Waals surface area contributed by atoms with Crippen LogP contribution in [0.1, 0.15) is 12.0 Å². The second-order valence-corrected chi connectivity index (χ2v) is 5.86. The zero-order chi connectivity index (χ0) is 15.2. The average Bonchev–Trinajstić information content (AvgIpc) is 2.44. The zero-order valence-corrected chi connectivity index (χ0v) is 12.5. The van der Waals surface area contributed by atoms with Gasteiger partial charge in [0.15, 0.2) is 0 Å². The number of hydrogen-bond donors (Lipinski definition) is 2. The van der Waals surface area contributed by atoms with E-state index in [2.05, 4.69) is 5.32 Å². The van der Waals surface area contributed by atoms with Gasteiger partial charge < -0.3 is 11.1 Å². The van der Waals surface area contributed by atoms with Gasteiger partial charge in [0.25, 0.3) is 0 Å². The number of halogens is 1. The molecule has 0 radical (unpaired) electrons. The van der Waals surface area contributed by atoms with E-state index in [1.165, 1.54) is 23.8 Å². The molecule has 0 aliphatic carbocycles. The monoisotopic (exact) mass is 304 g/mol. The van der Waals surface area contributed by atoms with Gasteiger partial charge in [-0.15, -0.1) is 11.8 Å². The minimum Gasteiger partial charge on any atom is -0.397 e. The smallest absolute Gasteiger partial charge is 0.225 e. The van der Waals surface area contributed by atoms with Crippen molar-refractivity contribution in [3.8, 4) is 0 Å². The highest BCUT2D eigenvalue weighted by molar-refractivity contribution is 7.99. The molecule has 3 N–H and O–H groups in total. The van der Waals surface area contributed by atoms with Crippen LogP contribution in [-0.2, 0) is 4.79 Å². The van der Waals surface area contributed by atoms with Gasteiger partial charge >= 0.3 is 0 Å². The molecule has 0 saturated heterocycles. The first-order valence-electron chi connectivity index (χ1n) is 6.59. The van der Waals surface area contributed by atoms with Gasteiger partial charge in [0, 0.05) is 17.1 Å². The number of amides is 1. The van der Waals surface area contributed by atoms with Crippen LogP contribution in [0.15, 0.2) is 47.4 Å². The number of carbonyl (C=O) groups is 1. The molecule has 0 aliphatic rings. The van der Waals surface area contributed by atoms with Crippen molar-refractivity contribution >= 4 is 29.0 Å². The van der Waals surface area contributed by atoms with Gasteiger partial charge in [0.05, 0.1) is 11.4 Å². The second-order valence-electron chi connectivity index (χ2n) is 4.69. The Hall–Kier alpha value is -2.01. The Morgan fingerprint density at radius 1 is 1.24 bits per heavy atom. The molecule has 0 spiro atoms. The molecule has 21 heavy (non-hydrogen) atoms. The maximum Gasteiger partial charge on any atom is 0.225 e. The van der Waals surface area contributed by atoms with Crippen molar-refractivity contribution < 1.29 is 9.18 Å². The van der Waals surface area contributed by atoms with Crippen molar-refractivity contribution in [1.29, 1.82) is 0 Å². The molecule has 110 valence electrons. The van der Waals surface area contributed by atoms with Crippen LogP contribution in [0.3, 0.4) is 0 Å². The lowest BCUT2D eigenvalue weighted by molar-refractivity contribution is -0.115.